The maximum Gasteiger partial charge on any atom is 0.315 e. The lowest BCUT2D eigenvalue weighted by Crippen LogP contribution is -2.42. The molecule has 6 nitrogen and oxygen atoms in total. The summed E-state index contributed by atoms with van der Waals surface area (Å²) in [6.07, 6.45) is 5.58. The number of halogens is 1. The van der Waals surface area contributed by atoms with E-state index in [4.69, 9.17) is 11.6 Å². The number of aromatic nitrogens is 2. The second-order valence-corrected chi connectivity index (χ2v) is 6.61. The molecule has 0 saturated carbocycles. The van der Waals surface area contributed by atoms with E-state index in [0.717, 1.165) is 37.4 Å². The molecule has 1 fully saturated rings. The maximum absolute atomic E-state index is 11.9. The number of nitrogens with zero attached hydrogens (tertiary/aromatic N) is 3. The van der Waals surface area contributed by atoms with Gasteiger partial charge in [-0.1, -0.05) is 23.7 Å². The van der Waals surface area contributed by atoms with Crippen molar-refractivity contribution in [1.29, 1.82) is 0 Å². The number of amides is 2. The minimum absolute atomic E-state index is 0.135. The molecule has 1 saturated heterocycles. The van der Waals surface area contributed by atoms with Crippen LogP contribution in [0.3, 0.4) is 0 Å². The van der Waals surface area contributed by atoms with Gasteiger partial charge in [-0.3, -0.25) is 0 Å². The van der Waals surface area contributed by atoms with Gasteiger partial charge in [0, 0.05) is 43.6 Å². The molecule has 0 spiro atoms. The van der Waals surface area contributed by atoms with Gasteiger partial charge in [0.25, 0.3) is 0 Å². The Morgan fingerprint density at radius 3 is 2.48 bits per heavy atom. The average Bonchev–Trinajstić information content (AvgIpc) is 2.67. The summed E-state index contributed by atoms with van der Waals surface area (Å²) >= 11 is 5.85. The molecule has 132 valence electrons. The number of nitrogens with one attached hydrogen (secondary N) is 2. The van der Waals surface area contributed by atoms with Crippen molar-refractivity contribution < 1.29 is 4.79 Å². The van der Waals surface area contributed by atoms with E-state index in [0.29, 0.717) is 24.0 Å². The van der Waals surface area contributed by atoms with Gasteiger partial charge in [-0.05, 0) is 42.5 Å². The fraction of sp³-hybridized carbons (Fsp3) is 0.389. The van der Waals surface area contributed by atoms with Crippen molar-refractivity contribution in [3.8, 4) is 0 Å². The molecule has 0 bridgehead atoms. The maximum atomic E-state index is 11.9. The highest BCUT2D eigenvalue weighted by Crippen LogP contribution is 2.19. The topological polar surface area (TPSA) is 70.2 Å². The van der Waals surface area contributed by atoms with Crippen molar-refractivity contribution in [1.82, 2.24) is 20.6 Å². The first-order chi connectivity index (χ1) is 12.2. The summed E-state index contributed by atoms with van der Waals surface area (Å²) in [5.74, 6) is 1.27. The highest BCUT2D eigenvalue weighted by Gasteiger charge is 2.21. The molecule has 2 amide bonds. The van der Waals surface area contributed by atoms with Crippen LogP contribution in [0, 0.1) is 5.92 Å². The summed E-state index contributed by atoms with van der Waals surface area (Å²) < 4.78 is 0. The highest BCUT2D eigenvalue weighted by molar-refractivity contribution is 6.30. The van der Waals surface area contributed by atoms with Crippen molar-refractivity contribution in [2.45, 2.75) is 19.4 Å². The third-order valence-electron chi connectivity index (χ3n) is 4.37. The number of hydrogen-bond acceptors (Lipinski definition) is 4. The molecule has 2 heterocycles. The zero-order valence-electron chi connectivity index (χ0n) is 14.0. The lowest BCUT2D eigenvalue weighted by atomic mass is 9.97. The zero-order valence-corrected chi connectivity index (χ0v) is 14.7. The van der Waals surface area contributed by atoms with Crippen LogP contribution in [0.5, 0.6) is 0 Å². The number of benzene rings is 1. The van der Waals surface area contributed by atoms with Crippen molar-refractivity contribution in [3.63, 3.8) is 0 Å². The van der Waals surface area contributed by atoms with E-state index in [9.17, 15) is 4.79 Å². The summed E-state index contributed by atoms with van der Waals surface area (Å²) in [7, 11) is 0. The minimum Gasteiger partial charge on any atom is -0.341 e. The number of rotatable bonds is 5. The molecular weight excluding hydrogens is 338 g/mol. The SMILES string of the molecule is O=C(NCc1ccc(Cl)cc1)NCC1CCN(c2ncccn2)CC1. The number of carbonyl (C=O) groups excluding carboxylic acids is 1. The zero-order chi connectivity index (χ0) is 17.5. The highest BCUT2D eigenvalue weighted by atomic mass is 35.5. The van der Waals surface area contributed by atoms with E-state index in [-0.39, 0.29) is 6.03 Å². The van der Waals surface area contributed by atoms with E-state index in [1.807, 2.05) is 30.3 Å². The molecule has 3 rings (SSSR count). The molecule has 1 aromatic heterocycles. The number of carbonyl (C=O) groups is 1. The van der Waals surface area contributed by atoms with Crippen LogP contribution < -0.4 is 15.5 Å². The van der Waals surface area contributed by atoms with Crippen molar-refractivity contribution in [3.05, 3.63) is 53.3 Å². The lowest BCUT2D eigenvalue weighted by Gasteiger charge is -2.31. The largest absolute Gasteiger partial charge is 0.341 e. The van der Waals surface area contributed by atoms with Crippen molar-refractivity contribution >= 4 is 23.6 Å². The molecule has 0 aliphatic carbocycles. The number of anilines is 1. The predicted molar refractivity (Wildman–Crippen MR) is 98.7 cm³/mol. The summed E-state index contributed by atoms with van der Waals surface area (Å²) in [6, 6.07) is 9.14. The van der Waals surface area contributed by atoms with E-state index < -0.39 is 0 Å². The standard InChI is InChI=1S/C18H22ClN5O/c19-16-4-2-14(3-5-16)12-22-18(25)23-13-15-6-10-24(11-7-15)17-20-8-1-9-21-17/h1-5,8-9,15H,6-7,10-13H2,(H2,22,23,25). The van der Waals surface area contributed by atoms with E-state index in [2.05, 4.69) is 25.5 Å². The van der Waals surface area contributed by atoms with Gasteiger partial charge in [-0.15, -0.1) is 0 Å². The Labute approximate surface area is 152 Å². The summed E-state index contributed by atoms with van der Waals surface area (Å²) in [4.78, 5) is 22.7. The van der Waals surface area contributed by atoms with Gasteiger partial charge in [-0.25, -0.2) is 14.8 Å². The van der Waals surface area contributed by atoms with E-state index in [1.165, 1.54) is 0 Å². The van der Waals surface area contributed by atoms with Crippen LogP contribution in [0.25, 0.3) is 0 Å². The quantitative estimate of drug-likeness (QED) is 0.861. The van der Waals surface area contributed by atoms with Gasteiger partial charge in [-0.2, -0.15) is 0 Å². The fourth-order valence-corrected chi connectivity index (χ4v) is 3.00. The Bertz CT molecular complexity index is 672. The number of piperidine rings is 1. The molecule has 2 N–H and O–H groups in total. The molecule has 0 radical (unpaired) electrons. The van der Waals surface area contributed by atoms with Crippen LogP contribution in [0.4, 0.5) is 10.7 Å². The Morgan fingerprint density at radius 2 is 1.80 bits per heavy atom. The van der Waals surface area contributed by atoms with Gasteiger partial charge >= 0.3 is 6.03 Å². The predicted octanol–water partition coefficient (Wildman–Crippen LogP) is 2.85. The van der Waals surface area contributed by atoms with E-state index in [1.54, 1.807) is 12.4 Å². The van der Waals surface area contributed by atoms with Crippen LogP contribution in [0.1, 0.15) is 18.4 Å². The summed E-state index contributed by atoms with van der Waals surface area (Å²) in [5.41, 5.74) is 1.02. The van der Waals surface area contributed by atoms with Crippen molar-refractivity contribution in [2.24, 2.45) is 5.92 Å². The number of urea groups is 1. The summed E-state index contributed by atoms with van der Waals surface area (Å²) in [6.45, 7) is 3.02. The Morgan fingerprint density at radius 1 is 1.12 bits per heavy atom. The van der Waals surface area contributed by atoms with E-state index >= 15 is 0 Å². The molecule has 7 heteroatoms. The van der Waals surface area contributed by atoms with Gasteiger partial charge in [0.05, 0.1) is 0 Å². The third kappa shape index (κ3) is 5.32. The van der Waals surface area contributed by atoms with Crippen LogP contribution in [0.2, 0.25) is 5.02 Å². The van der Waals surface area contributed by atoms with Crippen molar-refractivity contribution in [2.75, 3.05) is 24.5 Å². The molecule has 1 aliphatic heterocycles. The lowest BCUT2D eigenvalue weighted by molar-refractivity contribution is 0.237. The number of hydrogen-bond donors (Lipinski definition) is 2. The normalized spacial score (nSPS) is 15.0. The Kier molecular flexibility index (Phi) is 6.06. The third-order valence-corrected chi connectivity index (χ3v) is 4.62. The summed E-state index contributed by atoms with van der Waals surface area (Å²) in [5, 5.41) is 6.53. The minimum atomic E-state index is -0.135. The molecule has 2 aromatic rings. The fourth-order valence-electron chi connectivity index (χ4n) is 2.88. The second kappa shape index (κ2) is 8.67. The van der Waals surface area contributed by atoms with Gasteiger partial charge in [0.2, 0.25) is 5.95 Å². The molecule has 25 heavy (non-hydrogen) atoms. The first-order valence-electron chi connectivity index (χ1n) is 8.49. The Balaban J connectivity index is 1.35. The smallest absolute Gasteiger partial charge is 0.315 e. The van der Waals surface area contributed by atoms with Crippen LogP contribution in [-0.4, -0.2) is 35.6 Å². The van der Waals surface area contributed by atoms with Gasteiger partial charge < -0.3 is 15.5 Å². The molecule has 0 unspecified atom stereocenters. The molecular formula is C18H22ClN5O. The van der Waals surface area contributed by atoms with Gasteiger partial charge in [0.1, 0.15) is 0 Å². The molecule has 1 aliphatic rings. The van der Waals surface area contributed by atoms with Crippen LogP contribution in [0.15, 0.2) is 42.7 Å². The Hall–Kier alpha value is -2.34. The first kappa shape index (κ1) is 17.5. The first-order valence-corrected chi connectivity index (χ1v) is 8.86. The van der Waals surface area contributed by atoms with Crippen LogP contribution in [-0.2, 0) is 6.54 Å². The second-order valence-electron chi connectivity index (χ2n) is 6.17. The molecule has 0 atom stereocenters. The average molecular weight is 360 g/mol. The molecule has 1 aromatic carbocycles. The van der Waals surface area contributed by atoms with Crippen LogP contribution >= 0.6 is 11.6 Å². The monoisotopic (exact) mass is 359 g/mol. The van der Waals surface area contributed by atoms with Gasteiger partial charge in [0.15, 0.2) is 0 Å².